The Kier molecular flexibility index (Phi) is 2.84. The summed E-state index contributed by atoms with van der Waals surface area (Å²) in [6.45, 7) is 0.894. The number of halogens is 2. The maximum Gasteiger partial charge on any atom is 0.270 e. The molecule has 0 radical (unpaired) electrons. The van der Waals surface area contributed by atoms with Gasteiger partial charge in [-0.15, -0.1) is 0 Å². The molecule has 0 amide bonds. The minimum absolute atomic E-state index is 0.0115. The molecule has 0 heterocycles. The normalized spacial score (nSPS) is 11.5. The van der Waals surface area contributed by atoms with E-state index < -0.39 is 5.92 Å². The van der Waals surface area contributed by atoms with Gasteiger partial charge < -0.3 is 5.73 Å². The summed E-state index contributed by atoms with van der Waals surface area (Å²) in [7, 11) is 0. The third-order valence-corrected chi connectivity index (χ3v) is 2.59. The smallest absolute Gasteiger partial charge is 0.270 e. The SMILES string of the molecule is CC(F)(F)c1cccc(-c2cccc(N)c2)c1. The number of nitrogen functional groups attached to an aromatic ring is 1. The molecule has 2 rings (SSSR count). The van der Waals surface area contributed by atoms with Crippen LogP contribution in [0.1, 0.15) is 12.5 Å². The number of alkyl halides is 2. The molecule has 2 aromatic rings. The summed E-state index contributed by atoms with van der Waals surface area (Å²) >= 11 is 0. The van der Waals surface area contributed by atoms with Crippen LogP contribution in [0.2, 0.25) is 0 Å². The lowest BCUT2D eigenvalue weighted by Gasteiger charge is -2.12. The molecular weight excluding hydrogens is 220 g/mol. The number of anilines is 1. The summed E-state index contributed by atoms with van der Waals surface area (Å²) in [5.41, 5.74) is 7.89. The van der Waals surface area contributed by atoms with E-state index in [0.717, 1.165) is 18.1 Å². The predicted octanol–water partition coefficient (Wildman–Crippen LogP) is 4.05. The molecule has 0 saturated heterocycles. The van der Waals surface area contributed by atoms with Gasteiger partial charge in [-0.1, -0.05) is 30.3 Å². The second kappa shape index (κ2) is 4.17. The van der Waals surface area contributed by atoms with Crippen molar-refractivity contribution in [3.63, 3.8) is 0 Å². The standard InChI is InChI=1S/C14H13F2N/c1-14(15,16)12-6-2-4-10(8-12)11-5-3-7-13(17)9-11/h2-9H,17H2,1H3. The van der Waals surface area contributed by atoms with Gasteiger partial charge in [0, 0.05) is 18.2 Å². The van der Waals surface area contributed by atoms with Crippen molar-refractivity contribution in [1.29, 1.82) is 0 Å². The van der Waals surface area contributed by atoms with E-state index in [1.54, 1.807) is 30.3 Å². The molecule has 0 unspecified atom stereocenters. The van der Waals surface area contributed by atoms with Crippen LogP contribution in [0.25, 0.3) is 11.1 Å². The van der Waals surface area contributed by atoms with Crippen LogP contribution in [-0.4, -0.2) is 0 Å². The van der Waals surface area contributed by atoms with Gasteiger partial charge in [0.2, 0.25) is 0 Å². The largest absolute Gasteiger partial charge is 0.399 e. The maximum atomic E-state index is 13.2. The summed E-state index contributed by atoms with van der Waals surface area (Å²) in [5.74, 6) is -2.82. The number of hydrogen-bond donors (Lipinski definition) is 1. The van der Waals surface area contributed by atoms with Crippen molar-refractivity contribution in [2.24, 2.45) is 0 Å². The van der Waals surface area contributed by atoms with Gasteiger partial charge in [0.1, 0.15) is 0 Å². The zero-order valence-corrected chi connectivity index (χ0v) is 9.45. The molecule has 0 aromatic heterocycles. The molecule has 1 nitrogen and oxygen atoms in total. The van der Waals surface area contributed by atoms with Gasteiger partial charge in [0.15, 0.2) is 0 Å². The van der Waals surface area contributed by atoms with Crippen LogP contribution in [0, 0.1) is 0 Å². The highest BCUT2D eigenvalue weighted by Crippen LogP contribution is 2.30. The van der Waals surface area contributed by atoms with Crippen LogP contribution < -0.4 is 5.73 Å². The first kappa shape index (κ1) is 11.6. The molecule has 0 spiro atoms. The average molecular weight is 233 g/mol. The third kappa shape index (κ3) is 2.61. The average Bonchev–Trinajstić information content (AvgIpc) is 2.28. The van der Waals surface area contributed by atoms with Gasteiger partial charge in [0.05, 0.1) is 0 Å². The van der Waals surface area contributed by atoms with E-state index in [4.69, 9.17) is 5.73 Å². The van der Waals surface area contributed by atoms with E-state index in [2.05, 4.69) is 0 Å². The van der Waals surface area contributed by atoms with Crippen molar-refractivity contribution < 1.29 is 8.78 Å². The molecule has 0 bridgehead atoms. The molecule has 17 heavy (non-hydrogen) atoms. The Balaban J connectivity index is 2.47. The second-order valence-electron chi connectivity index (χ2n) is 4.09. The lowest BCUT2D eigenvalue weighted by atomic mass is 10.0. The highest BCUT2D eigenvalue weighted by atomic mass is 19.3. The lowest BCUT2D eigenvalue weighted by molar-refractivity contribution is 0.0175. The molecule has 0 fully saturated rings. The molecule has 0 atom stereocenters. The number of nitrogens with two attached hydrogens (primary N) is 1. The van der Waals surface area contributed by atoms with Gasteiger partial charge in [-0.05, 0) is 29.3 Å². The zero-order valence-electron chi connectivity index (χ0n) is 9.45. The Bertz CT molecular complexity index is 530. The number of hydrogen-bond acceptors (Lipinski definition) is 1. The first-order valence-electron chi connectivity index (χ1n) is 5.31. The molecule has 2 N–H and O–H groups in total. The molecule has 88 valence electrons. The Labute approximate surface area is 98.9 Å². The molecule has 3 heteroatoms. The fourth-order valence-corrected chi connectivity index (χ4v) is 1.69. The fraction of sp³-hybridized carbons (Fsp3) is 0.143. The summed E-state index contributed by atoms with van der Waals surface area (Å²) in [5, 5.41) is 0. The van der Waals surface area contributed by atoms with Crippen molar-refractivity contribution in [1.82, 2.24) is 0 Å². The molecule has 0 aliphatic rings. The van der Waals surface area contributed by atoms with E-state index >= 15 is 0 Å². The predicted molar refractivity (Wildman–Crippen MR) is 65.9 cm³/mol. The lowest BCUT2D eigenvalue weighted by Crippen LogP contribution is -2.06. The minimum atomic E-state index is -2.82. The molecule has 2 aromatic carbocycles. The van der Waals surface area contributed by atoms with Gasteiger partial charge in [-0.3, -0.25) is 0 Å². The van der Waals surface area contributed by atoms with Gasteiger partial charge in [0.25, 0.3) is 5.92 Å². The topological polar surface area (TPSA) is 26.0 Å². The van der Waals surface area contributed by atoms with Crippen LogP contribution in [0.3, 0.4) is 0 Å². The van der Waals surface area contributed by atoms with Crippen LogP contribution in [0.4, 0.5) is 14.5 Å². The van der Waals surface area contributed by atoms with E-state index in [9.17, 15) is 8.78 Å². The minimum Gasteiger partial charge on any atom is -0.399 e. The zero-order chi connectivity index (χ0) is 12.5. The maximum absolute atomic E-state index is 13.2. The van der Waals surface area contributed by atoms with Gasteiger partial charge in [-0.2, -0.15) is 0 Å². The Morgan fingerprint density at radius 3 is 2.12 bits per heavy atom. The summed E-state index contributed by atoms with van der Waals surface area (Å²) in [6, 6.07) is 13.5. The van der Waals surface area contributed by atoms with E-state index in [0.29, 0.717) is 5.69 Å². The first-order valence-corrected chi connectivity index (χ1v) is 5.31. The van der Waals surface area contributed by atoms with Crippen molar-refractivity contribution in [3.8, 4) is 11.1 Å². The quantitative estimate of drug-likeness (QED) is 0.778. The van der Waals surface area contributed by atoms with Crippen LogP contribution in [0.15, 0.2) is 48.5 Å². The monoisotopic (exact) mass is 233 g/mol. The Morgan fingerprint density at radius 2 is 1.53 bits per heavy atom. The Morgan fingerprint density at radius 1 is 0.941 bits per heavy atom. The highest BCUT2D eigenvalue weighted by molar-refractivity contribution is 5.67. The van der Waals surface area contributed by atoms with Crippen molar-refractivity contribution >= 4 is 5.69 Å². The van der Waals surface area contributed by atoms with Gasteiger partial charge >= 0.3 is 0 Å². The molecule has 0 aliphatic carbocycles. The molecule has 0 saturated carbocycles. The highest BCUT2D eigenvalue weighted by Gasteiger charge is 2.24. The summed E-state index contributed by atoms with van der Waals surface area (Å²) in [4.78, 5) is 0. The van der Waals surface area contributed by atoms with Crippen molar-refractivity contribution in [2.75, 3.05) is 5.73 Å². The molecular formula is C14H13F2N. The molecule has 0 aliphatic heterocycles. The first-order chi connectivity index (χ1) is 7.97. The fourth-order valence-electron chi connectivity index (χ4n) is 1.69. The number of benzene rings is 2. The van der Waals surface area contributed by atoms with Crippen molar-refractivity contribution in [2.45, 2.75) is 12.8 Å². The van der Waals surface area contributed by atoms with Crippen LogP contribution >= 0.6 is 0 Å². The van der Waals surface area contributed by atoms with E-state index in [1.807, 2.05) is 6.07 Å². The van der Waals surface area contributed by atoms with Gasteiger partial charge in [-0.25, -0.2) is 8.78 Å². The second-order valence-corrected chi connectivity index (χ2v) is 4.09. The number of rotatable bonds is 2. The summed E-state index contributed by atoms with van der Waals surface area (Å²) < 4.78 is 26.4. The van der Waals surface area contributed by atoms with Crippen LogP contribution in [-0.2, 0) is 5.92 Å². The van der Waals surface area contributed by atoms with E-state index in [1.165, 1.54) is 12.1 Å². The summed E-state index contributed by atoms with van der Waals surface area (Å²) in [6.07, 6.45) is 0. The third-order valence-electron chi connectivity index (χ3n) is 2.59. The van der Waals surface area contributed by atoms with Crippen molar-refractivity contribution in [3.05, 3.63) is 54.1 Å². The van der Waals surface area contributed by atoms with E-state index in [-0.39, 0.29) is 5.56 Å². The van der Waals surface area contributed by atoms with Crippen LogP contribution in [0.5, 0.6) is 0 Å². The Hall–Kier alpha value is -1.90.